The molecule has 114 valence electrons. The Bertz CT molecular complexity index is 836. The van der Waals surface area contributed by atoms with E-state index in [0.29, 0.717) is 23.2 Å². The zero-order valence-corrected chi connectivity index (χ0v) is 12.5. The Kier molecular flexibility index (Phi) is 2.83. The van der Waals surface area contributed by atoms with E-state index in [4.69, 9.17) is 10.2 Å². The topological polar surface area (TPSA) is 68.2 Å². The van der Waals surface area contributed by atoms with E-state index in [0.717, 1.165) is 29.1 Å². The summed E-state index contributed by atoms with van der Waals surface area (Å²) in [5.74, 6) is -1.88. The summed E-state index contributed by atoms with van der Waals surface area (Å²) in [4.78, 5) is 11.6. The summed E-state index contributed by atoms with van der Waals surface area (Å²) in [5.41, 5.74) is 7.30. The fourth-order valence-corrected chi connectivity index (χ4v) is 3.69. The van der Waals surface area contributed by atoms with E-state index >= 15 is 0 Å². The van der Waals surface area contributed by atoms with Gasteiger partial charge < -0.3 is 15.1 Å². The lowest BCUT2D eigenvalue weighted by Crippen LogP contribution is -2.33. The lowest BCUT2D eigenvalue weighted by Gasteiger charge is -2.31. The number of fused-ring (bicyclic) bond motifs is 2. The highest BCUT2D eigenvalue weighted by molar-refractivity contribution is 7.15. The Hall–Kier alpha value is -2.22. The number of anilines is 2. The quantitative estimate of drug-likeness (QED) is 0.745. The summed E-state index contributed by atoms with van der Waals surface area (Å²) in [6.45, 7) is 2.67. The fourth-order valence-electron chi connectivity index (χ4n) is 2.75. The van der Waals surface area contributed by atoms with Crippen molar-refractivity contribution in [3.8, 4) is 0 Å². The molecule has 22 heavy (non-hydrogen) atoms. The fraction of sp³-hybridized carbons (Fsp3) is 0.286. The van der Waals surface area contributed by atoms with Gasteiger partial charge in [-0.05, 0) is 6.92 Å². The third kappa shape index (κ3) is 1.94. The van der Waals surface area contributed by atoms with Crippen molar-refractivity contribution in [1.82, 2.24) is 9.97 Å². The molecule has 0 spiro atoms. The molecule has 5 nitrogen and oxygen atoms in total. The number of benzene rings is 1. The van der Waals surface area contributed by atoms with Gasteiger partial charge in [-0.25, -0.2) is 13.8 Å². The van der Waals surface area contributed by atoms with Crippen LogP contribution < -0.4 is 10.6 Å². The van der Waals surface area contributed by atoms with Crippen molar-refractivity contribution >= 4 is 33.6 Å². The molecular formula is C14H12F2N4OS. The van der Waals surface area contributed by atoms with E-state index in [-0.39, 0.29) is 11.6 Å². The highest BCUT2D eigenvalue weighted by atomic mass is 32.1. The smallest absolute Gasteiger partial charge is 0.298 e. The predicted molar refractivity (Wildman–Crippen MR) is 79.9 cm³/mol. The van der Waals surface area contributed by atoms with Gasteiger partial charge in [-0.2, -0.15) is 4.98 Å². The van der Waals surface area contributed by atoms with E-state index in [1.807, 2.05) is 11.8 Å². The zero-order valence-electron chi connectivity index (χ0n) is 11.6. The number of oxazole rings is 1. The lowest BCUT2D eigenvalue weighted by atomic mass is 10.1. The number of aromatic nitrogens is 2. The molecule has 0 saturated heterocycles. The van der Waals surface area contributed by atoms with Crippen LogP contribution in [0.25, 0.3) is 11.1 Å². The van der Waals surface area contributed by atoms with E-state index in [1.54, 1.807) is 0 Å². The third-order valence-electron chi connectivity index (χ3n) is 3.85. The van der Waals surface area contributed by atoms with Crippen molar-refractivity contribution in [2.45, 2.75) is 19.4 Å². The van der Waals surface area contributed by atoms with Crippen molar-refractivity contribution in [1.29, 1.82) is 0 Å². The second-order valence-electron chi connectivity index (χ2n) is 5.21. The molecule has 2 N–H and O–H groups in total. The van der Waals surface area contributed by atoms with Crippen molar-refractivity contribution in [2.75, 3.05) is 17.2 Å². The van der Waals surface area contributed by atoms with Crippen LogP contribution in [0.1, 0.15) is 23.5 Å². The van der Waals surface area contributed by atoms with Crippen molar-refractivity contribution in [3.63, 3.8) is 0 Å². The molecule has 1 atom stereocenters. The Morgan fingerprint density at radius 2 is 2.09 bits per heavy atom. The summed E-state index contributed by atoms with van der Waals surface area (Å²) in [6.07, 6.45) is 0.731. The van der Waals surface area contributed by atoms with Crippen LogP contribution in [0.3, 0.4) is 0 Å². The molecule has 8 heteroatoms. The summed E-state index contributed by atoms with van der Waals surface area (Å²) in [7, 11) is 0. The maximum Gasteiger partial charge on any atom is 0.298 e. The van der Waals surface area contributed by atoms with Gasteiger partial charge in [0.2, 0.25) is 0 Å². The van der Waals surface area contributed by atoms with E-state index < -0.39 is 11.6 Å². The molecule has 0 fully saturated rings. The number of nitrogen functional groups attached to an aromatic ring is 1. The average Bonchev–Trinajstić information content (AvgIpc) is 3.03. The van der Waals surface area contributed by atoms with Crippen LogP contribution in [-0.4, -0.2) is 16.5 Å². The predicted octanol–water partition coefficient (Wildman–Crippen LogP) is 3.27. The summed E-state index contributed by atoms with van der Waals surface area (Å²) >= 11 is 1.44. The minimum absolute atomic E-state index is 0.00121. The second kappa shape index (κ2) is 4.64. The molecule has 3 aromatic rings. The van der Waals surface area contributed by atoms with Crippen LogP contribution in [0.4, 0.5) is 19.9 Å². The number of halogens is 2. The van der Waals surface area contributed by atoms with Crippen LogP contribution in [0, 0.1) is 11.6 Å². The van der Waals surface area contributed by atoms with Crippen molar-refractivity contribution in [2.24, 2.45) is 0 Å². The minimum Gasteiger partial charge on any atom is -0.423 e. The van der Waals surface area contributed by atoms with Gasteiger partial charge in [0.15, 0.2) is 22.3 Å². The molecule has 0 aliphatic carbocycles. The highest BCUT2D eigenvalue weighted by Crippen LogP contribution is 2.38. The Balaban J connectivity index is 1.76. The molecule has 1 aliphatic rings. The average molecular weight is 322 g/mol. The summed E-state index contributed by atoms with van der Waals surface area (Å²) in [6, 6.07) is 2.42. The van der Waals surface area contributed by atoms with Gasteiger partial charge in [-0.15, -0.1) is 0 Å². The van der Waals surface area contributed by atoms with Crippen molar-refractivity contribution < 1.29 is 13.2 Å². The molecule has 3 heterocycles. The Morgan fingerprint density at radius 1 is 1.32 bits per heavy atom. The molecule has 0 bridgehead atoms. The number of nitrogens with zero attached hydrogens (tertiary/aromatic N) is 3. The maximum absolute atomic E-state index is 13.3. The van der Waals surface area contributed by atoms with Gasteiger partial charge in [-0.1, -0.05) is 11.3 Å². The molecule has 1 aromatic carbocycles. The van der Waals surface area contributed by atoms with E-state index in [2.05, 4.69) is 9.97 Å². The summed E-state index contributed by atoms with van der Waals surface area (Å²) < 4.78 is 32.2. The second-order valence-corrected chi connectivity index (χ2v) is 6.28. The number of nitrogens with two attached hydrogens (primary N) is 1. The van der Waals surface area contributed by atoms with Crippen LogP contribution >= 0.6 is 11.3 Å². The minimum atomic E-state index is -0.945. The van der Waals surface area contributed by atoms with Crippen LogP contribution in [0.15, 0.2) is 16.5 Å². The van der Waals surface area contributed by atoms with Gasteiger partial charge in [-0.3, -0.25) is 0 Å². The first-order valence-corrected chi connectivity index (χ1v) is 7.62. The van der Waals surface area contributed by atoms with Gasteiger partial charge in [0, 0.05) is 25.1 Å². The number of hydrogen-bond donors (Lipinski definition) is 1. The maximum atomic E-state index is 13.3. The lowest BCUT2D eigenvalue weighted by molar-refractivity contribution is 0.502. The first-order valence-electron chi connectivity index (χ1n) is 6.80. The first-order chi connectivity index (χ1) is 10.5. The number of rotatable bonds is 1. The van der Waals surface area contributed by atoms with E-state index in [1.165, 1.54) is 11.3 Å². The highest BCUT2D eigenvalue weighted by Gasteiger charge is 2.30. The monoisotopic (exact) mass is 322 g/mol. The molecule has 0 unspecified atom stereocenters. The van der Waals surface area contributed by atoms with Crippen molar-refractivity contribution in [3.05, 3.63) is 34.3 Å². The normalized spacial score (nSPS) is 18.0. The summed E-state index contributed by atoms with van der Waals surface area (Å²) in [5, 5.41) is 0.542. The van der Waals surface area contributed by atoms with Gasteiger partial charge in [0.1, 0.15) is 5.52 Å². The largest absolute Gasteiger partial charge is 0.423 e. The first kappa shape index (κ1) is 13.4. The number of thiazole rings is 1. The van der Waals surface area contributed by atoms with Crippen LogP contribution in [-0.2, 0) is 6.42 Å². The molecular weight excluding hydrogens is 310 g/mol. The molecule has 2 aromatic heterocycles. The van der Waals surface area contributed by atoms with Gasteiger partial charge in [0.25, 0.3) is 6.01 Å². The Morgan fingerprint density at radius 3 is 2.91 bits per heavy atom. The molecule has 1 aliphatic heterocycles. The van der Waals surface area contributed by atoms with Gasteiger partial charge >= 0.3 is 0 Å². The Labute approximate surface area is 128 Å². The van der Waals surface area contributed by atoms with Crippen LogP contribution in [0.5, 0.6) is 0 Å². The van der Waals surface area contributed by atoms with Gasteiger partial charge in [0.05, 0.1) is 16.6 Å². The SMILES string of the molecule is C[C@H]1c2sc(N)nc2CCN1c1nc2cc(F)c(F)cc2o1. The molecule has 0 saturated carbocycles. The molecule has 0 radical (unpaired) electrons. The standard InChI is InChI=1S/C14H12F2N4OS/c1-6-12-9(18-13(17)22-12)2-3-20(6)14-19-10-4-7(15)8(16)5-11(10)21-14/h4-6H,2-3H2,1H3,(H2,17,18)/t6-/m0/s1. The molecule has 0 amide bonds. The number of hydrogen-bond acceptors (Lipinski definition) is 6. The third-order valence-corrected chi connectivity index (χ3v) is 4.94. The zero-order chi connectivity index (χ0) is 15.4. The molecule has 4 rings (SSSR count). The van der Waals surface area contributed by atoms with Crippen LogP contribution in [0.2, 0.25) is 0 Å². The van der Waals surface area contributed by atoms with E-state index in [9.17, 15) is 8.78 Å².